The van der Waals surface area contributed by atoms with Crippen molar-refractivity contribution in [2.45, 2.75) is 89.0 Å². The van der Waals surface area contributed by atoms with Gasteiger partial charge in [0.2, 0.25) is 5.91 Å². The number of nitrogens with one attached hydrogen (secondary N) is 1. The third-order valence-electron chi connectivity index (χ3n) is 7.07. The highest BCUT2D eigenvalue weighted by Crippen LogP contribution is 2.36. The van der Waals surface area contributed by atoms with Gasteiger partial charge in [-0.1, -0.05) is 19.3 Å². The first-order valence-electron chi connectivity index (χ1n) is 10.6. The Hall–Kier alpha value is -0.650. The Kier molecular flexibility index (Phi) is 5.63. The van der Waals surface area contributed by atoms with Crippen LogP contribution in [-0.4, -0.2) is 66.3 Å². The van der Waals surface area contributed by atoms with E-state index in [4.69, 9.17) is 4.74 Å². The van der Waals surface area contributed by atoms with Crippen LogP contribution in [0, 0.1) is 5.92 Å². The summed E-state index contributed by atoms with van der Waals surface area (Å²) in [6, 6.07) is 1.51. The quantitative estimate of drug-likeness (QED) is 0.850. The van der Waals surface area contributed by atoms with E-state index in [2.05, 4.69) is 22.0 Å². The van der Waals surface area contributed by atoms with Gasteiger partial charge >= 0.3 is 0 Å². The normalized spacial score (nSPS) is 39.5. The number of nitrogens with zero attached hydrogens (tertiary/aromatic N) is 2. The van der Waals surface area contributed by atoms with Crippen LogP contribution in [0.2, 0.25) is 0 Å². The highest BCUT2D eigenvalue weighted by molar-refractivity contribution is 5.77. The van der Waals surface area contributed by atoms with Gasteiger partial charge in [-0.15, -0.1) is 0 Å². The van der Waals surface area contributed by atoms with Crippen LogP contribution in [0.25, 0.3) is 0 Å². The van der Waals surface area contributed by atoms with Gasteiger partial charge in [-0.25, -0.2) is 0 Å². The Bertz CT molecular complexity index is 466. The first-order valence-corrected chi connectivity index (χ1v) is 10.6. The van der Waals surface area contributed by atoms with E-state index in [0.29, 0.717) is 24.5 Å². The molecule has 0 spiro atoms. The van der Waals surface area contributed by atoms with Crippen LogP contribution in [0.15, 0.2) is 0 Å². The molecule has 0 aromatic heterocycles. The predicted octanol–water partition coefficient (Wildman–Crippen LogP) is 2.36. The molecule has 4 rings (SSSR count). The molecule has 5 nitrogen and oxygen atoms in total. The first-order chi connectivity index (χ1) is 12.2. The summed E-state index contributed by atoms with van der Waals surface area (Å²) >= 11 is 0. The Morgan fingerprint density at radius 1 is 1.04 bits per heavy atom. The molecule has 142 valence electrons. The zero-order valence-corrected chi connectivity index (χ0v) is 15.8. The molecule has 2 unspecified atom stereocenters. The van der Waals surface area contributed by atoms with Crippen molar-refractivity contribution in [1.82, 2.24) is 15.1 Å². The second kappa shape index (κ2) is 7.93. The minimum atomic E-state index is 0.245. The molecule has 0 aromatic rings. The number of ether oxygens (including phenoxy) is 1. The lowest BCUT2D eigenvalue weighted by molar-refractivity contribution is -0.130. The van der Waals surface area contributed by atoms with Crippen LogP contribution in [0.1, 0.15) is 64.7 Å². The van der Waals surface area contributed by atoms with Crippen molar-refractivity contribution in [1.29, 1.82) is 0 Å². The molecule has 1 N–H and O–H groups in total. The van der Waals surface area contributed by atoms with Crippen molar-refractivity contribution >= 4 is 5.91 Å². The summed E-state index contributed by atoms with van der Waals surface area (Å²) in [4.78, 5) is 17.7. The van der Waals surface area contributed by atoms with E-state index in [-0.39, 0.29) is 12.1 Å². The van der Waals surface area contributed by atoms with Crippen LogP contribution >= 0.6 is 0 Å². The van der Waals surface area contributed by atoms with Crippen molar-refractivity contribution in [2.24, 2.45) is 5.92 Å². The SMILES string of the molecule is C[C@@H]1COCCN1C1CC(=O)NC(N2CCC[C@@H]2C2CCCCC2)C1. The maximum Gasteiger partial charge on any atom is 0.222 e. The minimum Gasteiger partial charge on any atom is -0.379 e. The standard InChI is InChI=1S/C20H35N3O2/c1-15-14-25-11-10-22(15)17-12-19(21-20(24)13-17)23-9-5-8-18(23)16-6-3-2-4-7-16/h15-19H,2-14H2,1H3,(H,21,24)/t15-,17?,18-,19?/m1/s1. The maximum absolute atomic E-state index is 12.5. The van der Waals surface area contributed by atoms with Gasteiger partial charge < -0.3 is 10.1 Å². The molecule has 0 aromatic carbocycles. The summed E-state index contributed by atoms with van der Waals surface area (Å²) in [5, 5.41) is 3.34. The fourth-order valence-electron chi connectivity index (χ4n) is 5.84. The Morgan fingerprint density at radius 2 is 1.88 bits per heavy atom. The monoisotopic (exact) mass is 349 g/mol. The smallest absolute Gasteiger partial charge is 0.222 e. The van der Waals surface area contributed by atoms with E-state index in [1.807, 2.05) is 0 Å². The predicted molar refractivity (Wildman–Crippen MR) is 98.2 cm³/mol. The van der Waals surface area contributed by atoms with Crippen molar-refractivity contribution in [3.05, 3.63) is 0 Å². The number of rotatable bonds is 3. The Balaban J connectivity index is 1.44. The highest BCUT2D eigenvalue weighted by atomic mass is 16.5. The Morgan fingerprint density at radius 3 is 2.68 bits per heavy atom. The van der Waals surface area contributed by atoms with Crippen LogP contribution < -0.4 is 5.32 Å². The third kappa shape index (κ3) is 3.88. The van der Waals surface area contributed by atoms with E-state index in [1.54, 1.807) is 0 Å². The maximum atomic E-state index is 12.5. The summed E-state index contributed by atoms with van der Waals surface area (Å²) in [7, 11) is 0. The first kappa shape index (κ1) is 17.7. The molecule has 25 heavy (non-hydrogen) atoms. The minimum absolute atomic E-state index is 0.245. The number of piperidine rings is 1. The average molecular weight is 350 g/mol. The van der Waals surface area contributed by atoms with E-state index >= 15 is 0 Å². The van der Waals surface area contributed by atoms with Gasteiger partial charge in [-0.05, 0) is 44.9 Å². The van der Waals surface area contributed by atoms with Gasteiger partial charge in [0.15, 0.2) is 0 Å². The topological polar surface area (TPSA) is 44.8 Å². The molecule has 3 heterocycles. The van der Waals surface area contributed by atoms with Crippen molar-refractivity contribution < 1.29 is 9.53 Å². The molecule has 1 aliphatic carbocycles. The molecule has 0 radical (unpaired) electrons. The molecule has 4 fully saturated rings. The van der Waals surface area contributed by atoms with Crippen molar-refractivity contribution in [2.75, 3.05) is 26.3 Å². The molecule has 0 bridgehead atoms. The molecule has 4 aliphatic rings. The van der Waals surface area contributed by atoms with E-state index in [9.17, 15) is 4.79 Å². The van der Waals surface area contributed by atoms with Gasteiger partial charge in [-0.3, -0.25) is 14.6 Å². The average Bonchev–Trinajstić information content (AvgIpc) is 3.12. The molecule has 4 atom stereocenters. The number of amides is 1. The number of morpholine rings is 1. The third-order valence-corrected chi connectivity index (χ3v) is 7.07. The Labute approximate surface area is 152 Å². The van der Waals surface area contributed by atoms with Crippen LogP contribution in [0.3, 0.4) is 0 Å². The summed E-state index contributed by atoms with van der Waals surface area (Å²) in [6.45, 7) is 5.98. The van der Waals surface area contributed by atoms with Crippen LogP contribution in [0.4, 0.5) is 0 Å². The fraction of sp³-hybridized carbons (Fsp3) is 0.950. The molecular weight excluding hydrogens is 314 g/mol. The van der Waals surface area contributed by atoms with Crippen LogP contribution in [0.5, 0.6) is 0 Å². The molecule has 5 heteroatoms. The van der Waals surface area contributed by atoms with E-state index < -0.39 is 0 Å². The second-order valence-corrected chi connectivity index (χ2v) is 8.68. The molecule has 3 saturated heterocycles. The molecular formula is C20H35N3O2. The summed E-state index contributed by atoms with van der Waals surface area (Å²) < 4.78 is 5.60. The molecule has 1 amide bonds. The second-order valence-electron chi connectivity index (χ2n) is 8.68. The highest BCUT2D eigenvalue weighted by Gasteiger charge is 2.41. The number of carbonyl (C=O) groups excluding carboxylic acids is 1. The molecule has 1 saturated carbocycles. The number of carbonyl (C=O) groups is 1. The van der Waals surface area contributed by atoms with Gasteiger partial charge in [0.25, 0.3) is 0 Å². The summed E-state index contributed by atoms with van der Waals surface area (Å²) in [5.74, 6) is 1.10. The van der Waals surface area contributed by atoms with Gasteiger partial charge in [-0.2, -0.15) is 0 Å². The number of likely N-dealkylation sites (tertiary alicyclic amines) is 1. The lowest BCUT2D eigenvalue weighted by Crippen LogP contribution is -2.61. The summed E-state index contributed by atoms with van der Waals surface area (Å²) in [6.07, 6.45) is 11.6. The van der Waals surface area contributed by atoms with Gasteiger partial charge in [0.05, 0.1) is 19.4 Å². The van der Waals surface area contributed by atoms with E-state index in [0.717, 1.165) is 38.6 Å². The summed E-state index contributed by atoms with van der Waals surface area (Å²) in [5.41, 5.74) is 0. The largest absolute Gasteiger partial charge is 0.379 e. The van der Waals surface area contributed by atoms with Crippen molar-refractivity contribution in [3.63, 3.8) is 0 Å². The van der Waals surface area contributed by atoms with E-state index in [1.165, 1.54) is 44.9 Å². The lowest BCUT2D eigenvalue weighted by atomic mass is 9.82. The number of hydrogen-bond donors (Lipinski definition) is 1. The zero-order valence-electron chi connectivity index (χ0n) is 15.8. The lowest BCUT2D eigenvalue weighted by Gasteiger charge is -2.46. The fourth-order valence-corrected chi connectivity index (χ4v) is 5.84. The van der Waals surface area contributed by atoms with Crippen LogP contribution in [-0.2, 0) is 9.53 Å². The zero-order chi connectivity index (χ0) is 17.2. The number of hydrogen-bond acceptors (Lipinski definition) is 4. The molecule has 3 aliphatic heterocycles. The van der Waals surface area contributed by atoms with Crippen molar-refractivity contribution in [3.8, 4) is 0 Å². The van der Waals surface area contributed by atoms with Gasteiger partial charge in [0.1, 0.15) is 0 Å². The van der Waals surface area contributed by atoms with Gasteiger partial charge in [0, 0.05) is 37.6 Å².